The van der Waals surface area contributed by atoms with Crippen LogP contribution in [0.25, 0.3) is 0 Å². The van der Waals surface area contributed by atoms with Gasteiger partial charge in [-0.25, -0.2) is 0 Å². The van der Waals surface area contributed by atoms with Crippen molar-refractivity contribution in [2.75, 3.05) is 39.4 Å². The highest BCUT2D eigenvalue weighted by Gasteiger charge is 2.08. The van der Waals surface area contributed by atoms with Crippen LogP contribution in [0.2, 0.25) is 0 Å². The molecule has 2 N–H and O–H groups in total. The van der Waals surface area contributed by atoms with Gasteiger partial charge in [-0.05, 0) is 51.7 Å². The number of piperidine rings is 1. The molecular formula is C12H26N2O. The highest BCUT2D eigenvalue weighted by atomic mass is 16.5. The molecule has 1 rings (SSSR count). The van der Waals surface area contributed by atoms with Crippen molar-refractivity contribution in [3.8, 4) is 0 Å². The van der Waals surface area contributed by atoms with Gasteiger partial charge in [-0.2, -0.15) is 0 Å². The third-order valence-electron chi connectivity index (χ3n) is 2.99. The highest BCUT2D eigenvalue weighted by Crippen LogP contribution is 2.07. The number of unbranched alkanes of at least 4 members (excludes halogenated alkanes) is 2. The predicted octanol–water partition coefficient (Wildman–Crippen LogP) is 1.62. The molecule has 0 radical (unpaired) electrons. The zero-order chi connectivity index (χ0) is 10.8. The second kappa shape index (κ2) is 9.13. The molecule has 3 nitrogen and oxygen atoms in total. The Morgan fingerprint density at radius 3 is 2.47 bits per heavy atom. The van der Waals surface area contributed by atoms with E-state index in [-0.39, 0.29) is 0 Å². The molecule has 1 saturated heterocycles. The Morgan fingerprint density at radius 2 is 1.73 bits per heavy atom. The van der Waals surface area contributed by atoms with E-state index in [4.69, 9.17) is 10.5 Å². The molecule has 0 aromatic rings. The van der Waals surface area contributed by atoms with Crippen molar-refractivity contribution in [2.24, 2.45) is 5.73 Å². The summed E-state index contributed by atoms with van der Waals surface area (Å²) >= 11 is 0. The second-order valence-electron chi connectivity index (χ2n) is 4.36. The molecule has 0 aliphatic carbocycles. The van der Waals surface area contributed by atoms with Gasteiger partial charge in [0.15, 0.2) is 0 Å². The molecule has 0 unspecified atom stereocenters. The largest absolute Gasteiger partial charge is 0.380 e. The van der Waals surface area contributed by atoms with Crippen LogP contribution in [0.15, 0.2) is 0 Å². The molecule has 0 bridgehead atoms. The molecule has 1 fully saturated rings. The summed E-state index contributed by atoms with van der Waals surface area (Å²) in [6, 6.07) is 0. The van der Waals surface area contributed by atoms with Crippen molar-refractivity contribution >= 4 is 0 Å². The van der Waals surface area contributed by atoms with Gasteiger partial charge in [0.25, 0.3) is 0 Å². The van der Waals surface area contributed by atoms with Crippen molar-refractivity contribution in [1.29, 1.82) is 0 Å². The van der Waals surface area contributed by atoms with Crippen LogP contribution >= 0.6 is 0 Å². The molecule has 1 aliphatic heterocycles. The fraction of sp³-hybridized carbons (Fsp3) is 1.00. The van der Waals surface area contributed by atoms with E-state index in [0.29, 0.717) is 0 Å². The van der Waals surface area contributed by atoms with Crippen LogP contribution in [0, 0.1) is 0 Å². The number of hydrogen-bond acceptors (Lipinski definition) is 3. The zero-order valence-corrected chi connectivity index (χ0v) is 9.92. The lowest BCUT2D eigenvalue weighted by Gasteiger charge is -2.26. The van der Waals surface area contributed by atoms with Crippen molar-refractivity contribution < 1.29 is 4.74 Å². The summed E-state index contributed by atoms with van der Waals surface area (Å²) in [5, 5.41) is 0. The Bertz CT molecular complexity index is 136. The topological polar surface area (TPSA) is 38.5 Å². The average Bonchev–Trinajstić information content (AvgIpc) is 2.29. The fourth-order valence-corrected chi connectivity index (χ4v) is 2.00. The molecule has 0 spiro atoms. The van der Waals surface area contributed by atoms with Crippen LogP contribution in [0.4, 0.5) is 0 Å². The van der Waals surface area contributed by atoms with E-state index in [1.165, 1.54) is 38.8 Å². The first kappa shape index (κ1) is 12.9. The minimum absolute atomic E-state index is 0.813. The summed E-state index contributed by atoms with van der Waals surface area (Å²) in [4.78, 5) is 2.52. The first-order valence-electron chi connectivity index (χ1n) is 6.43. The Morgan fingerprint density at radius 1 is 0.933 bits per heavy atom. The van der Waals surface area contributed by atoms with Gasteiger partial charge in [0.2, 0.25) is 0 Å². The maximum absolute atomic E-state index is 5.60. The smallest absolute Gasteiger partial charge is 0.0593 e. The quantitative estimate of drug-likeness (QED) is 0.624. The lowest BCUT2D eigenvalue weighted by atomic mass is 10.1. The summed E-state index contributed by atoms with van der Waals surface area (Å²) < 4.78 is 5.60. The molecule has 1 heterocycles. The van der Waals surface area contributed by atoms with E-state index < -0.39 is 0 Å². The lowest BCUT2D eigenvalue weighted by Crippen LogP contribution is -2.32. The number of likely N-dealkylation sites (tertiary alicyclic amines) is 1. The average molecular weight is 214 g/mol. The molecular weight excluding hydrogens is 188 g/mol. The number of ether oxygens (including phenoxy) is 1. The minimum atomic E-state index is 0.813. The minimum Gasteiger partial charge on any atom is -0.380 e. The highest BCUT2D eigenvalue weighted by molar-refractivity contribution is 4.63. The van der Waals surface area contributed by atoms with Gasteiger partial charge in [0.1, 0.15) is 0 Å². The summed E-state index contributed by atoms with van der Waals surface area (Å²) in [7, 11) is 0. The van der Waals surface area contributed by atoms with Gasteiger partial charge in [0, 0.05) is 13.2 Å². The number of nitrogens with zero attached hydrogens (tertiary/aromatic N) is 1. The van der Waals surface area contributed by atoms with Crippen LogP contribution in [0.1, 0.15) is 38.5 Å². The molecule has 3 heteroatoms. The third kappa shape index (κ3) is 6.88. The normalized spacial score (nSPS) is 18.2. The molecule has 0 aromatic carbocycles. The SMILES string of the molecule is NCCCCCOCCN1CCCCC1. The van der Waals surface area contributed by atoms with Crippen molar-refractivity contribution in [3.63, 3.8) is 0 Å². The van der Waals surface area contributed by atoms with E-state index in [1.807, 2.05) is 0 Å². The summed E-state index contributed by atoms with van der Waals surface area (Å²) in [5.74, 6) is 0. The third-order valence-corrected chi connectivity index (χ3v) is 2.99. The van der Waals surface area contributed by atoms with Crippen LogP contribution < -0.4 is 5.73 Å². The van der Waals surface area contributed by atoms with Crippen LogP contribution in [0.3, 0.4) is 0 Å². The molecule has 1 aliphatic rings. The molecule has 0 atom stereocenters. The standard InChI is InChI=1S/C12H26N2O/c13-7-3-1-6-11-15-12-10-14-8-4-2-5-9-14/h1-13H2. The zero-order valence-electron chi connectivity index (χ0n) is 9.92. The van der Waals surface area contributed by atoms with Gasteiger partial charge in [0.05, 0.1) is 6.61 Å². The maximum Gasteiger partial charge on any atom is 0.0593 e. The van der Waals surface area contributed by atoms with E-state index in [1.54, 1.807) is 0 Å². The molecule has 0 saturated carbocycles. The predicted molar refractivity (Wildman–Crippen MR) is 64.0 cm³/mol. The van der Waals surface area contributed by atoms with Gasteiger partial charge < -0.3 is 15.4 Å². The molecule has 0 aromatic heterocycles. The van der Waals surface area contributed by atoms with Gasteiger partial charge in [-0.1, -0.05) is 6.42 Å². The molecule has 90 valence electrons. The summed E-state index contributed by atoms with van der Waals surface area (Å²) in [6.45, 7) is 6.30. The van der Waals surface area contributed by atoms with Crippen molar-refractivity contribution in [2.45, 2.75) is 38.5 Å². The van der Waals surface area contributed by atoms with Crippen LogP contribution in [-0.2, 0) is 4.74 Å². The van der Waals surface area contributed by atoms with E-state index >= 15 is 0 Å². The lowest BCUT2D eigenvalue weighted by molar-refractivity contribution is 0.0939. The number of hydrogen-bond donors (Lipinski definition) is 1. The Hall–Kier alpha value is -0.120. The Labute approximate surface area is 94.0 Å². The Kier molecular flexibility index (Phi) is 7.88. The van der Waals surface area contributed by atoms with Gasteiger partial charge in [-0.15, -0.1) is 0 Å². The van der Waals surface area contributed by atoms with E-state index in [2.05, 4.69) is 4.90 Å². The van der Waals surface area contributed by atoms with Crippen LogP contribution in [-0.4, -0.2) is 44.3 Å². The maximum atomic E-state index is 5.60. The first-order valence-corrected chi connectivity index (χ1v) is 6.43. The summed E-state index contributed by atoms with van der Waals surface area (Å²) in [5.41, 5.74) is 5.42. The fourth-order valence-electron chi connectivity index (χ4n) is 2.00. The molecule has 15 heavy (non-hydrogen) atoms. The van der Waals surface area contributed by atoms with E-state index in [9.17, 15) is 0 Å². The monoisotopic (exact) mass is 214 g/mol. The number of nitrogens with two attached hydrogens (primary N) is 1. The Balaban J connectivity index is 1.79. The van der Waals surface area contributed by atoms with Crippen molar-refractivity contribution in [1.82, 2.24) is 4.90 Å². The second-order valence-corrected chi connectivity index (χ2v) is 4.36. The summed E-state index contributed by atoms with van der Waals surface area (Å²) in [6.07, 6.45) is 7.66. The van der Waals surface area contributed by atoms with Gasteiger partial charge in [-0.3, -0.25) is 0 Å². The molecule has 0 amide bonds. The van der Waals surface area contributed by atoms with Crippen LogP contribution in [0.5, 0.6) is 0 Å². The van der Waals surface area contributed by atoms with Gasteiger partial charge >= 0.3 is 0 Å². The first-order chi connectivity index (χ1) is 7.43. The number of rotatable bonds is 8. The van der Waals surface area contributed by atoms with Crippen molar-refractivity contribution in [3.05, 3.63) is 0 Å². The van der Waals surface area contributed by atoms with E-state index in [0.717, 1.165) is 39.1 Å².